The Balaban J connectivity index is 4.45. The van der Waals surface area contributed by atoms with Crippen LogP contribution in [0.15, 0.2) is 4.36 Å². The zero-order valence-corrected chi connectivity index (χ0v) is 13.3. The molecule has 0 radical (unpaired) electrons. The molecule has 118 valence electrons. The Labute approximate surface area is 128 Å². The molecule has 0 fully saturated rings. The van der Waals surface area contributed by atoms with Gasteiger partial charge in [0.15, 0.2) is 0 Å². The average Bonchev–Trinajstić information content (AvgIpc) is 2.45. The Morgan fingerprint density at radius 1 is 1.43 bits per heavy atom. The van der Waals surface area contributed by atoms with Gasteiger partial charge in [-0.05, 0) is 0 Å². The molecule has 2 atom stereocenters. The summed E-state index contributed by atoms with van der Waals surface area (Å²) in [6.45, 7) is 11.1. The lowest BCUT2D eigenvalue weighted by Gasteiger charge is -2.20. The van der Waals surface area contributed by atoms with E-state index in [9.17, 15) is 13.8 Å². The predicted octanol–water partition coefficient (Wildman–Crippen LogP) is 1.58. The summed E-state index contributed by atoms with van der Waals surface area (Å²) in [6, 6.07) is 0. The molecule has 1 amide bonds. The summed E-state index contributed by atoms with van der Waals surface area (Å²) in [4.78, 5) is 26.5. The van der Waals surface area contributed by atoms with Crippen molar-refractivity contribution in [2.75, 3.05) is 20.3 Å². The van der Waals surface area contributed by atoms with E-state index in [-0.39, 0.29) is 37.3 Å². The number of methoxy groups -OCH3 is 1. The van der Waals surface area contributed by atoms with Crippen molar-refractivity contribution in [3.8, 4) is 0 Å². The summed E-state index contributed by atoms with van der Waals surface area (Å²) in [5, 5.41) is 0. The van der Waals surface area contributed by atoms with Crippen molar-refractivity contribution in [2.45, 2.75) is 38.6 Å². The van der Waals surface area contributed by atoms with Crippen molar-refractivity contribution in [1.29, 1.82) is 0 Å². The minimum atomic E-state index is -0.863. The highest BCUT2D eigenvalue weighted by Gasteiger charge is 2.35. The molecule has 0 aromatic rings. The first-order chi connectivity index (χ1) is 9.88. The van der Waals surface area contributed by atoms with Crippen LogP contribution in [0.1, 0.15) is 33.1 Å². The van der Waals surface area contributed by atoms with E-state index >= 15 is 0 Å². The standard InChI is InChI=1S/C13H20N2O5S/c1-10(12(17)20-8-7-19-4)9-13(2,14-3)6-5-11(16)15-21-18/h10H,5-9H2,1-2,4H3. The number of nitrogens with zero attached hydrogens (tertiary/aromatic N) is 2. The Kier molecular flexibility index (Phi) is 9.41. The molecule has 0 N–H and O–H groups in total. The van der Waals surface area contributed by atoms with Gasteiger partial charge in [-0.2, -0.15) is 4.21 Å². The minimum absolute atomic E-state index is 0.0135. The number of esters is 1. The van der Waals surface area contributed by atoms with Crippen LogP contribution in [0.3, 0.4) is 0 Å². The van der Waals surface area contributed by atoms with Gasteiger partial charge in [0, 0.05) is 33.3 Å². The van der Waals surface area contributed by atoms with E-state index < -0.39 is 23.3 Å². The third-order valence-electron chi connectivity index (χ3n) is 2.97. The van der Waals surface area contributed by atoms with Gasteiger partial charge in [0.1, 0.15) is 6.61 Å². The van der Waals surface area contributed by atoms with Gasteiger partial charge in [-0.3, -0.25) is 9.59 Å². The van der Waals surface area contributed by atoms with Gasteiger partial charge < -0.3 is 14.3 Å². The van der Waals surface area contributed by atoms with Gasteiger partial charge in [0.05, 0.1) is 12.5 Å². The number of carbonyl (C=O) groups excluding carboxylic acids is 2. The Hall–Kier alpha value is -1.59. The second-order valence-electron chi connectivity index (χ2n) is 4.93. The van der Waals surface area contributed by atoms with Crippen LogP contribution in [0.2, 0.25) is 0 Å². The molecule has 0 aromatic heterocycles. The molecular formula is C13H20N2O5S. The van der Waals surface area contributed by atoms with Crippen LogP contribution in [-0.2, 0) is 30.5 Å². The molecule has 2 unspecified atom stereocenters. The normalized spacial score (nSPS) is 14.4. The number of hydrogen-bond donors (Lipinski definition) is 0. The van der Waals surface area contributed by atoms with Crippen LogP contribution in [0, 0.1) is 12.5 Å². The van der Waals surface area contributed by atoms with Crippen LogP contribution in [0.4, 0.5) is 0 Å². The van der Waals surface area contributed by atoms with E-state index in [4.69, 9.17) is 16.0 Å². The first-order valence-electron chi connectivity index (χ1n) is 6.45. The molecule has 0 heterocycles. The monoisotopic (exact) mass is 316 g/mol. The van der Waals surface area contributed by atoms with Crippen LogP contribution < -0.4 is 0 Å². The number of amides is 1. The Morgan fingerprint density at radius 2 is 2.10 bits per heavy atom. The average molecular weight is 316 g/mol. The maximum atomic E-state index is 11.7. The molecule has 8 heteroatoms. The number of carbonyl (C=O) groups is 2. The highest BCUT2D eigenvalue weighted by Crippen LogP contribution is 2.27. The van der Waals surface area contributed by atoms with E-state index in [0.29, 0.717) is 6.61 Å². The number of hydrogen-bond acceptors (Lipinski definition) is 5. The maximum Gasteiger partial charge on any atom is 0.309 e. The fraction of sp³-hybridized carbons (Fsp3) is 0.769. The van der Waals surface area contributed by atoms with E-state index in [2.05, 4.69) is 9.21 Å². The third-order valence-corrected chi connectivity index (χ3v) is 3.24. The van der Waals surface area contributed by atoms with Crippen molar-refractivity contribution in [2.24, 2.45) is 10.3 Å². The molecule has 0 saturated heterocycles. The molecule has 0 aliphatic rings. The van der Waals surface area contributed by atoms with Crippen molar-refractivity contribution in [3.05, 3.63) is 11.4 Å². The summed E-state index contributed by atoms with van der Waals surface area (Å²) < 4.78 is 23.0. The van der Waals surface area contributed by atoms with Gasteiger partial charge in [0.25, 0.3) is 5.91 Å². The molecule has 0 aliphatic heterocycles. The van der Waals surface area contributed by atoms with Gasteiger partial charge in [-0.1, -0.05) is 6.92 Å². The minimum Gasteiger partial charge on any atom is -0.463 e. The lowest BCUT2D eigenvalue weighted by molar-refractivity contribution is -0.149. The maximum absolute atomic E-state index is 11.7. The summed E-state index contributed by atoms with van der Waals surface area (Å²) >= 11 is -0.140. The molecule has 0 aliphatic carbocycles. The van der Waals surface area contributed by atoms with Crippen LogP contribution in [0.5, 0.6) is 0 Å². The Morgan fingerprint density at radius 3 is 2.62 bits per heavy atom. The highest BCUT2D eigenvalue weighted by molar-refractivity contribution is 7.55. The lowest BCUT2D eigenvalue weighted by atomic mass is 9.86. The second kappa shape index (κ2) is 10.2. The fourth-order valence-electron chi connectivity index (χ4n) is 1.78. The van der Waals surface area contributed by atoms with Crippen molar-refractivity contribution in [3.63, 3.8) is 0 Å². The van der Waals surface area contributed by atoms with Crippen molar-refractivity contribution >= 4 is 23.3 Å². The quantitative estimate of drug-likeness (QED) is 0.366. The largest absolute Gasteiger partial charge is 0.463 e. The summed E-state index contributed by atoms with van der Waals surface area (Å²) in [5.41, 5.74) is -0.863. The topological polar surface area (TPSA) is 86.4 Å². The first-order valence-corrected chi connectivity index (χ1v) is 7.15. The number of rotatable bonds is 9. The first kappa shape index (κ1) is 19.4. The van der Waals surface area contributed by atoms with Crippen molar-refractivity contribution < 1.29 is 23.3 Å². The molecule has 0 aromatic carbocycles. The van der Waals surface area contributed by atoms with Crippen molar-refractivity contribution in [1.82, 2.24) is 0 Å². The molecular weight excluding hydrogens is 296 g/mol. The number of ether oxygens (including phenoxy) is 2. The zero-order chi connectivity index (χ0) is 16.3. The summed E-state index contributed by atoms with van der Waals surface area (Å²) in [7, 11) is 1.51. The van der Waals surface area contributed by atoms with Gasteiger partial charge >= 0.3 is 5.97 Å². The molecule has 0 rings (SSSR count). The summed E-state index contributed by atoms with van der Waals surface area (Å²) in [5.74, 6) is -1.39. The molecule has 0 bridgehead atoms. The fourth-order valence-corrected chi connectivity index (χ4v) is 1.95. The predicted molar refractivity (Wildman–Crippen MR) is 76.4 cm³/mol. The summed E-state index contributed by atoms with van der Waals surface area (Å²) in [6.07, 6.45) is 0.536. The Bertz CT molecular complexity index is 456. The van der Waals surface area contributed by atoms with E-state index in [1.165, 1.54) is 7.11 Å². The molecule has 21 heavy (non-hydrogen) atoms. The van der Waals surface area contributed by atoms with Crippen LogP contribution >= 0.6 is 0 Å². The van der Waals surface area contributed by atoms with Gasteiger partial charge in [-0.25, -0.2) is 6.57 Å². The second-order valence-corrected chi connectivity index (χ2v) is 5.27. The smallest absolute Gasteiger partial charge is 0.309 e. The SMILES string of the molecule is [C-]#[N+]C(C)(CCC(=O)N=S=O)CC(C)C(=O)OCCOC. The molecule has 7 nitrogen and oxygen atoms in total. The van der Waals surface area contributed by atoms with E-state index in [1.54, 1.807) is 13.8 Å². The van der Waals surface area contributed by atoms with E-state index in [0.717, 1.165) is 0 Å². The zero-order valence-electron chi connectivity index (χ0n) is 12.5. The van der Waals surface area contributed by atoms with Crippen LogP contribution in [-0.4, -0.2) is 41.9 Å². The molecule has 0 saturated carbocycles. The molecule has 0 spiro atoms. The van der Waals surface area contributed by atoms with Crippen LogP contribution in [0.25, 0.3) is 4.85 Å². The third kappa shape index (κ3) is 8.32. The highest BCUT2D eigenvalue weighted by atomic mass is 32.1. The van der Waals surface area contributed by atoms with E-state index in [1.807, 2.05) is 0 Å². The van der Waals surface area contributed by atoms with Gasteiger partial charge in [0.2, 0.25) is 17.0 Å². The lowest BCUT2D eigenvalue weighted by Crippen LogP contribution is -2.28. The van der Waals surface area contributed by atoms with Gasteiger partial charge in [-0.15, -0.1) is 4.36 Å².